The van der Waals surface area contributed by atoms with Gasteiger partial charge in [-0.05, 0) is 5.56 Å². The maximum Gasteiger partial charge on any atom is 0.160 e. The van der Waals surface area contributed by atoms with Crippen molar-refractivity contribution in [3.63, 3.8) is 0 Å². The Labute approximate surface area is 77.2 Å². The zero-order valence-corrected chi connectivity index (χ0v) is 7.31. The fourth-order valence-electron chi connectivity index (χ4n) is 1.13. The van der Waals surface area contributed by atoms with Crippen LogP contribution in [0.5, 0.6) is 0 Å². The van der Waals surface area contributed by atoms with E-state index in [2.05, 4.69) is 0 Å². The molecule has 13 heavy (non-hydrogen) atoms. The Hall–Kier alpha value is -1.19. The minimum Gasteiger partial charge on any atom is -0.389 e. The number of aliphatic hydroxyl groups is 1. The van der Waals surface area contributed by atoms with Gasteiger partial charge in [0.05, 0.1) is 0 Å². The zero-order valence-electron chi connectivity index (χ0n) is 7.31. The third-order valence-corrected chi connectivity index (χ3v) is 1.85. The second-order valence-electron chi connectivity index (χ2n) is 2.92. The summed E-state index contributed by atoms with van der Waals surface area (Å²) < 4.78 is 0. The van der Waals surface area contributed by atoms with E-state index in [0.29, 0.717) is 0 Å². The fourth-order valence-corrected chi connectivity index (χ4v) is 1.13. The first-order valence-electron chi connectivity index (χ1n) is 4.17. The lowest BCUT2D eigenvalue weighted by molar-refractivity contribution is -0.122. The van der Waals surface area contributed by atoms with Crippen molar-refractivity contribution in [3.8, 4) is 0 Å². The number of hydrogen-bond donors (Lipinski definition) is 2. The van der Waals surface area contributed by atoms with Crippen LogP contribution in [0.2, 0.25) is 0 Å². The summed E-state index contributed by atoms with van der Waals surface area (Å²) >= 11 is 0. The summed E-state index contributed by atoms with van der Waals surface area (Å²) in [5, 5.41) is 8.53. The SMILES string of the molecule is NC(CC(=O)CO)c1ccccc1. The second-order valence-corrected chi connectivity index (χ2v) is 2.92. The Morgan fingerprint density at radius 2 is 2.00 bits per heavy atom. The van der Waals surface area contributed by atoms with Crippen molar-refractivity contribution in [2.45, 2.75) is 12.5 Å². The molecular formula is C10H13NO2. The van der Waals surface area contributed by atoms with Crippen molar-refractivity contribution in [3.05, 3.63) is 35.9 Å². The molecule has 0 saturated heterocycles. The highest BCUT2D eigenvalue weighted by atomic mass is 16.3. The molecule has 3 nitrogen and oxygen atoms in total. The molecule has 0 aliphatic rings. The van der Waals surface area contributed by atoms with Gasteiger partial charge in [-0.1, -0.05) is 30.3 Å². The molecule has 3 N–H and O–H groups in total. The molecule has 0 aliphatic carbocycles. The molecule has 0 spiro atoms. The Kier molecular flexibility index (Phi) is 3.61. The van der Waals surface area contributed by atoms with Crippen LogP contribution in [-0.2, 0) is 4.79 Å². The molecule has 0 aromatic heterocycles. The highest BCUT2D eigenvalue weighted by Gasteiger charge is 2.09. The molecule has 0 bridgehead atoms. The summed E-state index contributed by atoms with van der Waals surface area (Å²) in [4.78, 5) is 10.9. The van der Waals surface area contributed by atoms with Crippen molar-refractivity contribution >= 4 is 5.78 Å². The monoisotopic (exact) mass is 179 g/mol. The van der Waals surface area contributed by atoms with E-state index in [9.17, 15) is 4.79 Å². The van der Waals surface area contributed by atoms with Crippen LogP contribution in [0, 0.1) is 0 Å². The van der Waals surface area contributed by atoms with E-state index >= 15 is 0 Å². The smallest absolute Gasteiger partial charge is 0.160 e. The van der Waals surface area contributed by atoms with Gasteiger partial charge in [-0.15, -0.1) is 0 Å². The molecule has 1 rings (SSSR count). The summed E-state index contributed by atoms with van der Waals surface area (Å²) in [6.45, 7) is -0.430. The van der Waals surface area contributed by atoms with Crippen LogP contribution in [-0.4, -0.2) is 17.5 Å². The molecule has 1 atom stereocenters. The van der Waals surface area contributed by atoms with Crippen LogP contribution in [0.15, 0.2) is 30.3 Å². The summed E-state index contributed by atoms with van der Waals surface area (Å²) in [5.74, 6) is -0.226. The third kappa shape index (κ3) is 2.97. The summed E-state index contributed by atoms with van der Waals surface area (Å²) in [7, 11) is 0. The van der Waals surface area contributed by atoms with Gasteiger partial charge in [0.1, 0.15) is 6.61 Å². The third-order valence-electron chi connectivity index (χ3n) is 1.85. The van der Waals surface area contributed by atoms with Crippen molar-refractivity contribution in [2.24, 2.45) is 5.73 Å². The molecule has 0 saturated carbocycles. The van der Waals surface area contributed by atoms with E-state index in [4.69, 9.17) is 10.8 Å². The Morgan fingerprint density at radius 3 is 2.54 bits per heavy atom. The molecule has 0 fully saturated rings. The number of benzene rings is 1. The number of ketones is 1. The lowest BCUT2D eigenvalue weighted by Gasteiger charge is -2.09. The quantitative estimate of drug-likeness (QED) is 0.712. The van der Waals surface area contributed by atoms with Crippen LogP contribution in [0.1, 0.15) is 18.0 Å². The molecular weight excluding hydrogens is 166 g/mol. The van der Waals surface area contributed by atoms with E-state index < -0.39 is 6.61 Å². The summed E-state index contributed by atoms with van der Waals surface area (Å²) in [5.41, 5.74) is 6.66. The minimum atomic E-state index is -0.430. The molecule has 0 radical (unpaired) electrons. The first-order chi connectivity index (χ1) is 6.24. The van der Waals surface area contributed by atoms with Gasteiger partial charge in [-0.2, -0.15) is 0 Å². The van der Waals surface area contributed by atoms with Crippen molar-refractivity contribution < 1.29 is 9.90 Å². The predicted octanol–water partition coefficient (Wildman–Crippen LogP) is 0.638. The van der Waals surface area contributed by atoms with Gasteiger partial charge in [-0.25, -0.2) is 0 Å². The van der Waals surface area contributed by atoms with Crippen molar-refractivity contribution in [2.75, 3.05) is 6.61 Å². The maximum absolute atomic E-state index is 10.9. The first-order valence-corrected chi connectivity index (χ1v) is 4.17. The van der Waals surface area contributed by atoms with Gasteiger partial charge >= 0.3 is 0 Å². The highest BCUT2D eigenvalue weighted by molar-refractivity contribution is 5.80. The molecule has 0 heterocycles. The number of carbonyl (C=O) groups excluding carboxylic acids is 1. The largest absolute Gasteiger partial charge is 0.389 e. The van der Waals surface area contributed by atoms with Gasteiger partial charge in [0.25, 0.3) is 0 Å². The normalized spacial score (nSPS) is 12.5. The van der Waals surface area contributed by atoms with Crippen LogP contribution >= 0.6 is 0 Å². The van der Waals surface area contributed by atoms with E-state index in [1.807, 2.05) is 30.3 Å². The van der Waals surface area contributed by atoms with Crippen LogP contribution in [0.25, 0.3) is 0 Å². The molecule has 1 unspecified atom stereocenters. The molecule has 1 aromatic rings. The van der Waals surface area contributed by atoms with Crippen molar-refractivity contribution in [1.29, 1.82) is 0 Å². The van der Waals surface area contributed by atoms with E-state index in [0.717, 1.165) is 5.56 Å². The molecule has 1 aromatic carbocycles. The number of Topliss-reactive ketones (excluding diaryl/α,β-unsaturated/α-hetero) is 1. The van der Waals surface area contributed by atoms with Crippen LogP contribution in [0.3, 0.4) is 0 Å². The zero-order chi connectivity index (χ0) is 9.68. The number of carbonyl (C=O) groups is 1. The average Bonchev–Trinajstić information content (AvgIpc) is 2.19. The number of rotatable bonds is 4. The summed E-state index contributed by atoms with van der Waals surface area (Å²) in [6.07, 6.45) is 0.195. The van der Waals surface area contributed by atoms with Gasteiger partial charge in [0.15, 0.2) is 5.78 Å². The van der Waals surface area contributed by atoms with Gasteiger partial charge in [0, 0.05) is 12.5 Å². The Balaban J connectivity index is 2.59. The number of aliphatic hydroxyl groups excluding tert-OH is 1. The van der Waals surface area contributed by atoms with E-state index in [1.54, 1.807) is 0 Å². The van der Waals surface area contributed by atoms with Gasteiger partial charge in [-0.3, -0.25) is 4.79 Å². The number of nitrogens with two attached hydrogens (primary N) is 1. The lowest BCUT2D eigenvalue weighted by atomic mass is 10.0. The summed E-state index contributed by atoms with van der Waals surface area (Å²) in [6, 6.07) is 9.08. The first kappa shape index (κ1) is 9.89. The standard InChI is InChI=1S/C10H13NO2/c11-10(6-9(13)7-12)8-4-2-1-3-5-8/h1-5,10,12H,6-7,11H2. The predicted molar refractivity (Wildman–Crippen MR) is 50.1 cm³/mol. The fraction of sp³-hybridized carbons (Fsp3) is 0.300. The molecule has 0 amide bonds. The van der Waals surface area contributed by atoms with Crippen LogP contribution in [0.4, 0.5) is 0 Å². The highest BCUT2D eigenvalue weighted by Crippen LogP contribution is 2.12. The van der Waals surface area contributed by atoms with Gasteiger partial charge in [0.2, 0.25) is 0 Å². The Morgan fingerprint density at radius 1 is 1.38 bits per heavy atom. The lowest BCUT2D eigenvalue weighted by Crippen LogP contribution is -2.17. The maximum atomic E-state index is 10.9. The second kappa shape index (κ2) is 4.74. The van der Waals surface area contributed by atoms with E-state index in [-0.39, 0.29) is 18.2 Å². The molecule has 70 valence electrons. The minimum absolute atomic E-state index is 0.195. The van der Waals surface area contributed by atoms with Gasteiger partial charge < -0.3 is 10.8 Å². The average molecular weight is 179 g/mol. The molecule has 0 aliphatic heterocycles. The van der Waals surface area contributed by atoms with Crippen LogP contribution < -0.4 is 5.73 Å². The van der Waals surface area contributed by atoms with E-state index in [1.165, 1.54) is 0 Å². The Bertz CT molecular complexity index is 272. The van der Waals surface area contributed by atoms with Crippen molar-refractivity contribution in [1.82, 2.24) is 0 Å². The topological polar surface area (TPSA) is 63.3 Å². The molecule has 3 heteroatoms. The number of hydrogen-bond acceptors (Lipinski definition) is 3.